The summed E-state index contributed by atoms with van der Waals surface area (Å²) in [6.45, 7) is 0. The highest BCUT2D eigenvalue weighted by molar-refractivity contribution is 7.14. The normalized spacial score (nSPS) is 10.4. The fourth-order valence-electron chi connectivity index (χ4n) is 1.37. The van der Waals surface area contributed by atoms with Gasteiger partial charge in [-0.05, 0) is 12.1 Å². The van der Waals surface area contributed by atoms with E-state index in [0.717, 1.165) is 11.3 Å². The van der Waals surface area contributed by atoms with E-state index >= 15 is 0 Å². The molecule has 1 heterocycles. The van der Waals surface area contributed by atoms with Gasteiger partial charge < -0.3 is 0 Å². The molecule has 0 saturated carbocycles. The molecule has 0 atom stereocenters. The van der Waals surface area contributed by atoms with E-state index in [9.17, 15) is 4.79 Å². The van der Waals surface area contributed by atoms with Crippen molar-refractivity contribution in [1.82, 2.24) is 4.98 Å². The molecule has 0 aliphatic carbocycles. The quantitative estimate of drug-likeness (QED) is 0.811. The second-order valence-corrected chi connectivity index (χ2v) is 5.15. The Morgan fingerprint density at radius 3 is 2.67 bits per heavy atom. The minimum Gasteiger partial charge on any atom is -0.290 e. The van der Waals surface area contributed by atoms with Crippen LogP contribution in [0, 0.1) is 0 Å². The highest BCUT2D eigenvalue weighted by Gasteiger charge is 2.13. The number of carbonyl (C=O) groups is 1. The first-order valence-corrected chi connectivity index (χ1v) is 6.95. The fourth-order valence-corrected chi connectivity index (χ4v) is 2.49. The SMILES string of the molecule is CN(C(=O)CCl)c1nc(-c2ccc(Cl)cc2)cs1. The van der Waals surface area contributed by atoms with Gasteiger partial charge in [-0.2, -0.15) is 0 Å². The molecule has 18 heavy (non-hydrogen) atoms. The molecule has 1 aromatic heterocycles. The Hall–Kier alpha value is -1.10. The lowest BCUT2D eigenvalue weighted by Gasteiger charge is -2.10. The van der Waals surface area contributed by atoms with Crippen molar-refractivity contribution in [2.24, 2.45) is 0 Å². The zero-order chi connectivity index (χ0) is 13.1. The van der Waals surface area contributed by atoms with Crippen LogP contribution in [-0.2, 0) is 4.79 Å². The molecule has 1 aromatic carbocycles. The number of alkyl halides is 1. The van der Waals surface area contributed by atoms with Crippen LogP contribution in [0.1, 0.15) is 0 Å². The number of carbonyl (C=O) groups excluding carboxylic acids is 1. The molecule has 0 unspecified atom stereocenters. The summed E-state index contributed by atoms with van der Waals surface area (Å²) >= 11 is 12.7. The summed E-state index contributed by atoms with van der Waals surface area (Å²) in [4.78, 5) is 17.3. The van der Waals surface area contributed by atoms with E-state index in [1.54, 1.807) is 7.05 Å². The van der Waals surface area contributed by atoms with E-state index in [0.29, 0.717) is 10.2 Å². The van der Waals surface area contributed by atoms with Crippen LogP contribution in [0.4, 0.5) is 5.13 Å². The summed E-state index contributed by atoms with van der Waals surface area (Å²) in [7, 11) is 1.66. The van der Waals surface area contributed by atoms with Gasteiger partial charge in [-0.3, -0.25) is 9.69 Å². The Labute approximate surface area is 119 Å². The van der Waals surface area contributed by atoms with Crippen LogP contribution in [0.15, 0.2) is 29.6 Å². The van der Waals surface area contributed by atoms with Crippen molar-refractivity contribution >= 4 is 45.6 Å². The molecule has 0 saturated heterocycles. The van der Waals surface area contributed by atoms with Gasteiger partial charge in [0.1, 0.15) is 5.88 Å². The van der Waals surface area contributed by atoms with E-state index in [2.05, 4.69) is 4.98 Å². The fraction of sp³-hybridized carbons (Fsp3) is 0.167. The minimum absolute atomic E-state index is 0.0492. The van der Waals surface area contributed by atoms with Crippen molar-refractivity contribution < 1.29 is 4.79 Å². The summed E-state index contributed by atoms with van der Waals surface area (Å²) in [6, 6.07) is 7.40. The van der Waals surface area contributed by atoms with E-state index in [-0.39, 0.29) is 11.8 Å². The Bertz CT molecular complexity index is 553. The third-order valence-corrected chi connectivity index (χ3v) is 3.81. The van der Waals surface area contributed by atoms with E-state index < -0.39 is 0 Å². The maximum absolute atomic E-state index is 11.4. The van der Waals surface area contributed by atoms with E-state index in [1.165, 1.54) is 16.2 Å². The highest BCUT2D eigenvalue weighted by Crippen LogP contribution is 2.27. The molecule has 6 heteroatoms. The molecule has 0 N–H and O–H groups in total. The summed E-state index contributed by atoms with van der Waals surface area (Å²) in [6.07, 6.45) is 0. The standard InChI is InChI=1S/C12H10Cl2N2OS/c1-16(11(17)6-13)12-15-10(7-18-12)8-2-4-9(14)5-3-8/h2-5,7H,6H2,1H3. The Balaban J connectivity index is 2.25. The number of benzene rings is 1. The van der Waals surface area contributed by atoms with E-state index in [4.69, 9.17) is 23.2 Å². The number of nitrogens with zero attached hydrogens (tertiary/aromatic N) is 2. The molecule has 2 rings (SSSR count). The van der Waals surface area contributed by atoms with Crippen LogP contribution < -0.4 is 4.90 Å². The average molecular weight is 301 g/mol. The number of rotatable bonds is 3. The van der Waals surface area contributed by atoms with Gasteiger partial charge >= 0.3 is 0 Å². The Kier molecular flexibility index (Phi) is 4.22. The number of aromatic nitrogens is 1. The van der Waals surface area contributed by atoms with Gasteiger partial charge in [0, 0.05) is 23.0 Å². The monoisotopic (exact) mass is 300 g/mol. The smallest absolute Gasteiger partial charge is 0.243 e. The summed E-state index contributed by atoms with van der Waals surface area (Å²) in [5.74, 6) is -0.222. The molecule has 0 bridgehead atoms. The average Bonchev–Trinajstić information content (AvgIpc) is 2.87. The molecule has 0 radical (unpaired) electrons. The highest BCUT2D eigenvalue weighted by atomic mass is 35.5. The second kappa shape index (κ2) is 5.69. The van der Waals surface area contributed by atoms with Gasteiger partial charge in [0.25, 0.3) is 0 Å². The molecule has 0 aliphatic heterocycles. The summed E-state index contributed by atoms with van der Waals surface area (Å²) in [5, 5.41) is 3.21. The van der Waals surface area contributed by atoms with Crippen molar-refractivity contribution in [3.63, 3.8) is 0 Å². The van der Waals surface area contributed by atoms with Crippen LogP contribution >= 0.6 is 34.5 Å². The molecule has 0 aliphatic rings. The maximum Gasteiger partial charge on any atom is 0.243 e. The van der Waals surface area contributed by atoms with Gasteiger partial charge in [-0.1, -0.05) is 23.7 Å². The number of thiazole rings is 1. The molecule has 2 aromatic rings. The minimum atomic E-state index is -0.173. The van der Waals surface area contributed by atoms with Gasteiger partial charge in [0.05, 0.1) is 5.69 Å². The number of anilines is 1. The van der Waals surface area contributed by atoms with Crippen molar-refractivity contribution in [2.45, 2.75) is 0 Å². The number of halogens is 2. The van der Waals surface area contributed by atoms with Gasteiger partial charge in [0.15, 0.2) is 5.13 Å². The Morgan fingerprint density at radius 1 is 1.39 bits per heavy atom. The lowest BCUT2D eigenvalue weighted by Crippen LogP contribution is -2.26. The Morgan fingerprint density at radius 2 is 2.06 bits per heavy atom. The van der Waals surface area contributed by atoms with Crippen LogP contribution in [0.2, 0.25) is 5.02 Å². The number of amides is 1. The lowest BCUT2D eigenvalue weighted by molar-refractivity contribution is -0.116. The van der Waals surface area contributed by atoms with Gasteiger partial charge in [-0.15, -0.1) is 22.9 Å². The molecule has 94 valence electrons. The topological polar surface area (TPSA) is 33.2 Å². The third-order valence-electron chi connectivity index (χ3n) is 2.41. The predicted molar refractivity (Wildman–Crippen MR) is 76.7 cm³/mol. The third kappa shape index (κ3) is 2.83. The van der Waals surface area contributed by atoms with Crippen molar-refractivity contribution in [2.75, 3.05) is 17.8 Å². The van der Waals surface area contributed by atoms with Crippen molar-refractivity contribution in [1.29, 1.82) is 0 Å². The zero-order valence-corrected chi connectivity index (χ0v) is 11.9. The van der Waals surface area contributed by atoms with Crippen LogP contribution in [0.5, 0.6) is 0 Å². The first-order valence-electron chi connectivity index (χ1n) is 5.16. The van der Waals surface area contributed by atoms with Gasteiger partial charge in [-0.25, -0.2) is 4.98 Å². The van der Waals surface area contributed by atoms with Crippen molar-refractivity contribution in [3.05, 3.63) is 34.7 Å². The number of hydrogen-bond acceptors (Lipinski definition) is 3. The molecular formula is C12H10Cl2N2OS. The number of hydrogen-bond donors (Lipinski definition) is 0. The summed E-state index contributed by atoms with van der Waals surface area (Å²) < 4.78 is 0. The molecule has 3 nitrogen and oxygen atoms in total. The predicted octanol–water partition coefficient (Wildman–Crippen LogP) is 3.67. The first kappa shape index (κ1) is 13.3. The van der Waals surface area contributed by atoms with E-state index in [1.807, 2.05) is 29.6 Å². The molecular weight excluding hydrogens is 291 g/mol. The lowest BCUT2D eigenvalue weighted by atomic mass is 10.2. The van der Waals surface area contributed by atoms with Crippen LogP contribution in [0.25, 0.3) is 11.3 Å². The van der Waals surface area contributed by atoms with Crippen molar-refractivity contribution in [3.8, 4) is 11.3 Å². The zero-order valence-electron chi connectivity index (χ0n) is 9.56. The molecule has 0 spiro atoms. The first-order chi connectivity index (χ1) is 8.61. The second-order valence-electron chi connectivity index (χ2n) is 3.61. The maximum atomic E-state index is 11.4. The molecule has 1 amide bonds. The van der Waals surface area contributed by atoms with Crippen LogP contribution in [-0.4, -0.2) is 23.8 Å². The summed E-state index contributed by atoms with van der Waals surface area (Å²) in [5.41, 5.74) is 1.79. The van der Waals surface area contributed by atoms with Gasteiger partial charge in [0.2, 0.25) is 5.91 Å². The molecule has 0 fully saturated rings. The van der Waals surface area contributed by atoms with Crippen LogP contribution in [0.3, 0.4) is 0 Å². The largest absolute Gasteiger partial charge is 0.290 e.